The predicted octanol–water partition coefficient (Wildman–Crippen LogP) is 1.01. The quantitative estimate of drug-likeness (QED) is 0.781. The van der Waals surface area contributed by atoms with Crippen LogP contribution >= 0.6 is 0 Å². The van der Waals surface area contributed by atoms with Crippen LogP contribution in [-0.4, -0.2) is 21.6 Å². The molecule has 0 radical (unpaired) electrons. The highest BCUT2D eigenvalue weighted by Crippen LogP contribution is 2.19. The SMILES string of the molecule is NCCC(O)c1cnc2ccncc2c1. The van der Waals surface area contributed by atoms with Gasteiger partial charge in [0.2, 0.25) is 0 Å². The molecule has 0 saturated heterocycles. The van der Waals surface area contributed by atoms with Crippen LogP contribution in [0.25, 0.3) is 10.9 Å². The largest absolute Gasteiger partial charge is 0.388 e. The normalized spacial score (nSPS) is 12.9. The topological polar surface area (TPSA) is 72.0 Å². The molecule has 0 aliphatic carbocycles. The summed E-state index contributed by atoms with van der Waals surface area (Å²) < 4.78 is 0. The number of hydrogen-bond donors (Lipinski definition) is 2. The molecule has 0 aliphatic heterocycles. The van der Waals surface area contributed by atoms with Crippen molar-refractivity contribution in [3.05, 3.63) is 36.3 Å². The molecule has 1 unspecified atom stereocenters. The first-order chi connectivity index (χ1) is 7.31. The van der Waals surface area contributed by atoms with Crippen molar-refractivity contribution in [1.29, 1.82) is 0 Å². The highest BCUT2D eigenvalue weighted by atomic mass is 16.3. The minimum Gasteiger partial charge on any atom is -0.388 e. The molecule has 4 heteroatoms. The van der Waals surface area contributed by atoms with Crippen LogP contribution in [0.4, 0.5) is 0 Å². The van der Waals surface area contributed by atoms with Crippen molar-refractivity contribution in [1.82, 2.24) is 9.97 Å². The van der Waals surface area contributed by atoms with Crippen molar-refractivity contribution in [3.63, 3.8) is 0 Å². The Morgan fingerprint density at radius 1 is 1.40 bits per heavy atom. The Labute approximate surface area is 87.8 Å². The summed E-state index contributed by atoms with van der Waals surface area (Å²) in [6.45, 7) is 0.465. The second-order valence-corrected chi connectivity index (χ2v) is 3.43. The van der Waals surface area contributed by atoms with E-state index in [1.807, 2.05) is 12.1 Å². The minimum atomic E-state index is -0.535. The van der Waals surface area contributed by atoms with Gasteiger partial charge in [-0.1, -0.05) is 0 Å². The van der Waals surface area contributed by atoms with E-state index in [1.54, 1.807) is 18.6 Å². The Kier molecular flexibility index (Phi) is 2.89. The number of hydrogen-bond acceptors (Lipinski definition) is 4. The molecule has 2 aromatic rings. The molecular formula is C11H13N3O. The lowest BCUT2D eigenvalue weighted by atomic mass is 10.1. The Balaban J connectivity index is 2.38. The van der Waals surface area contributed by atoms with Gasteiger partial charge in [0.05, 0.1) is 11.6 Å². The Bertz CT molecular complexity index is 458. The monoisotopic (exact) mass is 203 g/mol. The van der Waals surface area contributed by atoms with Crippen LogP contribution < -0.4 is 5.73 Å². The van der Waals surface area contributed by atoms with E-state index in [9.17, 15) is 5.11 Å². The average molecular weight is 203 g/mol. The van der Waals surface area contributed by atoms with E-state index in [4.69, 9.17) is 5.73 Å². The molecule has 1 atom stereocenters. The molecule has 15 heavy (non-hydrogen) atoms. The van der Waals surface area contributed by atoms with Gasteiger partial charge in [0.25, 0.3) is 0 Å². The molecule has 0 bridgehead atoms. The zero-order valence-corrected chi connectivity index (χ0v) is 8.30. The lowest BCUT2D eigenvalue weighted by molar-refractivity contribution is 0.170. The second-order valence-electron chi connectivity index (χ2n) is 3.43. The van der Waals surface area contributed by atoms with Gasteiger partial charge < -0.3 is 10.8 Å². The van der Waals surface area contributed by atoms with Gasteiger partial charge in [-0.2, -0.15) is 0 Å². The fourth-order valence-electron chi connectivity index (χ4n) is 1.50. The summed E-state index contributed by atoms with van der Waals surface area (Å²) in [4.78, 5) is 8.26. The molecule has 2 heterocycles. The summed E-state index contributed by atoms with van der Waals surface area (Å²) in [5.41, 5.74) is 7.06. The third-order valence-electron chi connectivity index (χ3n) is 2.33. The van der Waals surface area contributed by atoms with Crippen LogP contribution in [-0.2, 0) is 0 Å². The summed E-state index contributed by atoms with van der Waals surface area (Å²) in [7, 11) is 0. The number of nitrogens with two attached hydrogens (primary N) is 1. The maximum absolute atomic E-state index is 9.74. The highest BCUT2D eigenvalue weighted by Gasteiger charge is 2.07. The van der Waals surface area contributed by atoms with Gasteiger partial charge in [0.15, 0.2) is 0 Å². The maximum Gasteiger partial charge on any atom is 0.0817 e. The van der Waals surface area contributed by atoms with E-state index < -0.39 is 6.10 Å². The molecule has 0 aromatic carbocycles. The third kappa shape index (κ3) is 2.11. The van der Waals surface area contributed by atoms with Crippen LogP contribution in [0.2, 0.25) is 0 Å². The zero-order chi connectivity index (χ0) is 10.7. The molecule has 0 fully saturated rings. The molecular weight excluding hydrogens is 190 g/mol. The van der Waals surface area contributed by atoms with Crippen molar-refractivity contribution in [2.45, 2.75) is 12.5 Å². The first-order valence-corrected chi connectivity index (χ1v) is 4.89. The molecule has 3 N–H and O–H groups in total. The number of fused-ring (bicyclic) bond motifs is 1. The fraction of sp³-hybridized carbons (Fsp3) is 0.273. The maximum atomic E-state index is 9.74. The van der Waals surface area contributed by atoms with Gasteiger partial charge >= 0.3 is 0 Å². The van der Waals surface area contributed by atoms with E-state index in [0.29, 0.717) is 13.0 Å². The molecule has 2 rings (SSSR count). The van der Waals surface area contributed by atoms with E-state index in [0.717, 1.165) is 16.5 Å². The smallest absolute Gasteiger partial charge is 0.0817 e. The van der Waals surface area contributed by atoms with E-state index in [2.05, 4.69) is 9.97 Å². The van der Waals surface area contributed by atoms with E-state index >= 15 is 0 Å². The Morgan fingerprint density at radius 2 is 2.27 bits per heavy atom. The highest BCUT2D eigenvalue weighted by molar-refractivity contribution is 5.77. The van der Waals surface area contributed by atoms with Crippen molar-refractivity contribution >= 4 is 10.9 Å². The lowest BCUT2D eigenvalue weighted by Crippen LogP contribution is -2.06. The standard InChI is InChI=1S/C11H13N3O/c12-3-1-11(15)9-5-8-6-13-4-2-10(8)14-7-9/h2,4-7,11,15H,1,3,12H2. The third-order valence-corrected chi connectivity index (χ3v) is 2.33. The van der Waals surface area contributed by atoms with Gasteiger partial charge in [0, 0.05) is 24.0 Å². The second kappa shape index (κ2) is 4.33. The van der Waals surface area contributed by atoms with E-state index in [-0.39, 0.29) is 0 Å². The van der Waals surface area contributed by atoms with Crippen molar-refractivity contribution in [3.8, 4) is 0 Å². The van der Waals surface area contributed by atoms with Crippen molar-refractivity contribution in [2.75, 3.05) is 6.54 Å². The van der Waals surface area contributed by atoms with E-state index in [1.165, 1.54) is 0 Å². The van der Waals surface area contributed by atoms with Crippen LogP contribution in [0, 0.1) is 0 Å². The van der Waals surface area contributed by atoms with Gasteiger partial charge in [-0.3, -0.25) is 9.97 Å². The number of nitrogens with zero attached hydrogens (tertiary/aromatic N) is 2. The number of aliphatic hydroxyl groups excluding tert-OH is 1. The average Bonchev–Trinajstić information content (AvgIpc) is 2.29. The first-order valence-electron chi connectivity index (χ1n) is 4.89. The van der Waals surface area contributed by atoms with Gasteiger partial charge in [-0.05, 0) is 30.7 Å². The number of aliphatic hydroxyl groups is 1. The zero-order valence-electron chi connectivity index (χ0n) is 8.30. The summed E-state index contributed by atoms with van der Waals surface area (Å²) in [6.07, 6.45) is 5.13. The van der Waals surface area contributed by atoms with Gasteiger partial charge in [-0.25, -0.2) is 0 Å². The van der Waals surface area contributed by atoms with Gasteiger partial charge in [-0.15, -0.1) is 0 Å². The van der Waals surface area contributed by atoms with Crippen LogP contribution in [0.15, 0.2) is 30.7 Å². The summed E-state index contributed by atoms with van der Waals surface area (Å²) >= 11 is 0. The van der Waals surface area contributed by atoms with Crippen LogP contribution in [0.1, 0.15) is 18.1 Å². The Morgan fingerprint density at radius 3 is 3.07 bits per heavy atom. The molecule has 2 aromatic heterocycles. The molecule has 78 valence electrons. The molecule has 0 spiro atoms. The summed E-state index contributed by atoms with van der Waals surface area (Å²) in [6, 6.07) is 3.74. The Hall–Kier alpha value is -1.52. The van der Waals surface area contributed by atoms with Crippen molar-refractivity contribution in [2.24, 2.45) is 5.73 Å². The summed E-state index contributed by atoms with van der Waals surface area (Å²) in [5.74, 6) is 0. The molecule has 0 aliphatic rings. The number of aromatic nitrogens is 2. The first kappa shape index (κ1) is 10.0. The number of rotatable bonds is 3. The van der Waals surface area contributed by atoms with Crippen LogP contribution in [0.3, 0.4) is 0 Å². The minimum absolute atomic E-state index is 0.465. The van der Waals surface area contributed by atoms with Crippen LogP contribution in [0.5, 0.6) is 0 Å². The predicted molar refractivity (Wildman–Crippen MR) is 58.2 cm³/mol. The molecule has 0 amide bonds. The molecule has 4 nitrogen and oxygen atoms in total. The fourth-order valence-corrected chi connectivity index (χ4v) is 1.50. The lowest BCUT2D eigenvalue weighted by Gasteiger charge is -2.09. The number of pyridine rings is 2. The van der Waals surface area contributed by atoms with Crippen molar-refractivity contribution < 1.29 is 5.11 Å². The van der Waals surface area contributed by atoms with Gasteiger partial charge in [0.1, 0.15) is 0 Å². The summed E-state index contributed by atoms with van der Waals surface area (Å²) in [5, 5.41) is 10.7. The molecule has 0 saturated carbocycles.